The minimum atomic E-state index is -1.09. The Morgan fingerprint density at radius 1 is 1.48 bits per heavy atom. The molecule has 2 N–H and O–H groups in total. The molecule has 1 heterocycles. The van der Waals surface area contributed by atoms with Crippen molar-refractivity contribution >= 4 is 22.4 Å². The van der Waals surface area contributed by atoms with Crippen molar-refractivity contribution < 1.29 is 18.3 Å². The molecular weight excluding hydrogens is 306 g/mol. The number of anilines is 1. The first-order valence-corrected chi connectivity index (χ1v) is 7.15. The van der Waals surface area contributed by atoms with Gasteiger partial charge in [-0.3, -0.25) is 9.59 Å². The van der Waals surface area contributed by atoms with E-state index in [4.69, 9.17) is 10.5 Å². The van der Waals surface area contributed by atoms with E-state index in [9.17, 15) is 18.4 Å². The number of carbonyl (C=O) groups excluding carboxylic acids is 1. The average molecular weight is 322 g/mol. The molecule has 1 aliphatic rings. The van der Waals surface area contributed by atoms with E-state index in [-0.39, 0.29) is 39.9 Å². The minimum Gasteiger partial charge on any atom is -0.494 e. The van der Waals surface area contributed by atoms with Crippen molar-refractivity contribution in [3.8, 4) is 5.75 Å². The molecule has 3 rings (SSSR count). The summed E-state index contributed by atoms with van der Waals surface area (Å²) in [7, 11) is 1.34. The molecule has 1 saturated carbocycles. The zero-order chi connectivity index (χ0) is 17.0. The number of ether oxygens (including phenoxy) is 1. The van der Waals surface area contributed by atoms with Crippen LogP contribution in [-0.2, 0) is 0 Å². The van der Waals surface area contributed by atoms with Crippen LogP contribution >= 0.6 is 0 Å². The van der Waals surface area contributed by atoms with Crippen molar-refractivity contribution in [1.82, 2.24) is 4.57 Å². The maximum absolute atomic E-state index is 14.3. The first kappa shape index (κ1) is 15.5. The van der Waals surface area contributed by atoms with E-state index < -0.39 is 29.2 Å². The van der Waals surface area contributed by atoms with Crippen LogP contribution in [0.1, 0.15) is 35.3 Å². The van der Waals surface area contributed by atoms with Gasteiger partial charge in [-0.2, -0.15) is 0 Å². The number of benzene rings is 1. The Morgan fingerprint density at radius 2 is 2.09 bits per heavy atom. The molecule has 0 spiro atoms. The predicted octanol–water partition coefficient (Wildman–Crippen LogP) is 2.53. The summed E-state index contributed by atoms with van der Waals surface area (Å²) in [6.45, 7) is 2.70. The minimum absolute atomic E-state index is 0.123. The van der Waals surface area contributed by atoms with Crippen LogP contribution in [0.4, 0.5) is 14.5 Å². The fourth-order valence-corrected chi connectivity index (χ4v) is 2.91. The highest BCUT2D eigenvalue weighted by Crippen LogP contribution is 2.44. The molecule has 0 bridgehead atoms. The van der Waals surface area contributed by atoms with Gasteiger partial charge in [-0.05, 0) is 13.8 Å². The monoisotopic (exact) mass is 322 g/mol. The Hall–Kier alpha value is -2.44. The topological polar surface area (TPSA) is 74.3 Å². The van der Waals surface area contributed by atoms with Crippen molar-refractivity contribution in [3.63, 3.8) is 0 Å². The number of Topliss-reactive ketones (excluding diaryl/α,β-unsaturated/α-hetero) is 1. The number of carbonyl (C=O) groups is 1. The molecule has 1 aliphatic carbocycles. The standard InChI is InChI=1S/C16H16F2N2O3/c1-6-12(18)13(19)11-14(16(6)23-3)20(10-4-9(10)17)5-8(7(2)21)15(11)22/h5,9-10H,4,19H2,1-3H3/t9-,10+/m0/s1. The van der Waals surface area contributed by atoms with E-state index in [2.05, 4.69) is 0 Å². The van der Waals surface area contributed by atoms with Crippen molar-refractivity contribution in [2.75, 3.05) is 12.8 Å². The summed E-state index contributed by atoms with van der Waals surface area (Å²) in [5, 5.41) is -0.142. The second-order valence-electron chi connectivity index (χ2n) is 5.76. The quantitative estimate of drug-likeness (QED) is 0.696. The molecule has 1 fully saturated rings. The van der Waals surface area contributed by atoms with Gasteiger partial charge >= 0.3 is 0 Å². The fraction of sp³-hybridized carbons (Fsp3) is 0.375. The van der Waals surface area contributed by atoms with Gasteiger partial charge in [-0.25, -0.2) is 8.78 Å². The maximum atomic E-state index is 14.3. The fourth-order valence-electron chi connectivity index (χ4n) is 2.91. The van der Waals surface area contributed by atoms with Crippen LogP contribution < -0.4 is 15.9 Å². The Kier molecular flexibility index (Phi) is 3.39. The van der Waals surface area contributed by atoms with Crippen molar-refractivity contribution in [1.29, 1.82) is 0 Å². The summed E-state index contributed by atoms with van der Waals surface area (Å²) >= 11 is 0. The molecule has 0 radical (unpaired) electrons. The van der Waals surface area contributed by atoms with Crippen LogP contribution in [0.25, 0.3) is 10.9 Å². The van der Waals surface area contributed by atoms with Crippen molar-refractivity contribution in [2.45, 2.75) is 32.5 Å². The van der Waals surface area contributed by atoms with Gasteiger partial charge < -0.3 is 15.0 Å². The molecule has 0 amide bonds. The van der Waals surface area contributed by atoms with Crippen molar-refractivity contribution in [3.05, 3.63) is 33.4 Å². The Labute approximate surface area is 130 Å². The molecule has 1 aromatic carbocycles. The number of aromatic nitrogens is 1. The lowest BCUT2D eigenvalue weighted by Gasteiger charge is -2.18. The Balaban J connectivity index is 2.57. The van der Waals surface area contributed by atoms with E-state index in [0.717, 1.165) is 0 Å². The van der Waals surface area contributed by atoms with Crippen LogP contribution in [0.5, 0.6) is 5.75 Å². The third kappa shape index (κ3) is 2.10. The third-order valence-corrected chi connectivity index (χ3v) is 4.25. The number of alkyl halides is 1. The lowest BCUT2D eigenvalue weighted by atomic mass is 10.0. The lowest BCUT2D eigenvalue weighted by molar-refractivity contribution is 0.101. The van der Waals surface area contributed by atoms with Gasteiger partial charge in [0, 0.05) is 18.2 Å². The highest BCUT2D eigenvalue weighted by Gasteiger charge is 2.41. The summed E-state index contributed by atoms with van der Waals surface area (Å²) in [5.74, 6) is -1.13. The van der Waals surface area contributed by atoms with Gasteiger partial charge in [0.15, 0.2) is 11.6 Å². The molecule has 23 heavy (non-hydrogen) atoms. The van der Waals surface area contributed by atoms with E-state index in [1.54, 1.807) is 0 Å². The molecule has 1 aromatic heterocycles. The van der Waals surface area contributed by atoms with Crippen LogP contribution in [0.15, 0.2) is 11.0 Å². The first-order chi connectivity index (χ1) is 10.8. The van der Waals surface area contributed by atoms with Gasteiger partial charge in [0.05, 0.1) is 35.3 Å². The summed E-state index contributed by atoms with van der Waals surface area (Å²) in [5.41, 5.74) is 4.98. The van der Waals surface area contributed by atoms with Crippen molar-refractivity contribution in [2.24, 2.45) is 0 Å². The van der Waals surface area contributed by atoms with Gasteiger partial charge in [0.25, 0.3) is 0 Å². The van der Waals surface area contributed by atoms with E-state index in [1.807, 2.05) is 0 Å². The maximum Gasteiger partial charge on any atom is 0.202 e. The Bertz CT molecular complexity index is 905. The molecule has 0 saturated heterocycles. The number of halogens is 2. The highest BCUT2D eigenvalue weighted by molar-refractivity contribution is 6.02. The number of fused-ring (bicyclic) bond motifs is 1. The number of rotatable bonds is 3. The first-order valence-electron chi connectivity index (χ1n) is 7.15. The number of nitrogens with two attached hydrogens (primary N) is 1. The summed E-state index contributed by atoms with van der Waals surface area (Å²) in [6, 6.07) is -0.519. The number of hydrogen-bond acceptors (Lipinski definition) is 4. The van der Waals surface area contributed by atoms with Crippen LogP contribution in [0.3, 0.4) is 0 Å². The molecule has 0 aliphatic heterocycles. The largest absolute Gasteiger partial charge is 0.494 e. The van der Waals surface area contributed by atoms with Gasteiger partial charge in [-0.15, -0.1) is 0 Å². The molecule has 122 valence electrons. The third-order valence-electron chi connectivity index (χ3n) is 4.25. The Morgan fingerprint density at radius 3 is 2.57 bits per heavy atom. The lowest BCUT2D eigenvalue weighted by Crippen LogP contribution is -2.20. The molecule has 0 unspecified atom stereocenters. The van der Waals surface area contributed by atoms with Gasteiger partial charge in [0.2, 0.25) is 5.43 Å². The average Bonchev–Trinajstić information content (AvgIpc) is 3.22. The van der Waals surface area contributed by atoms with Crippen LogP contribution in [-0.4, -0.2) is 23.6 Å². The second-order valence-corrected chi connectivity index (χ2v) is 5.76. The summed E-state index contributed by atoms with van der Waals surface area (Å²) < 4.78 is 34.7. The SMILES string of the molecule is COc1c(C)c(F)c(N)c2c(=O)c(C(C)=O)cn([C@@H]3C[C@@H]3F)c12. The smallest absolute Gasteiger partial charge is 0.202 e. The molecule has 2 aromatic rings. The zero-order valence-electron chi connectivity index (χ0n) is 12.9. The second kappa shape index (κ2) is 5.04. The number of methoxy groups -OCH3 is 1. The molecular formula is C16H16F2N2O3. The molecule has 7 heteroatoms. The summed E-state index contributed by atoms with van der Waals surface area (Å²) in [4.78, 5) is 24.3. The molecule has 5 nitrogen and oxygen atoms in total. The van der Waals surface area contributed by atoms with E-state index in [1.165, 1.54) is 31.7 Å². The van der Waals surface area contributed by atoms with E-state index >= 15 is 0 Å². The zero-order valence-corrected chi connectivity index (χ0v) is 12.9. The summed E-state index contributed by atoms with van der Waals surface area (Å²) in [6.07, 6.45) is 0.488. The number of nitrogen functional groups attached to an aromatic ring is 1. The predicted molar refractivity (Wildman–Crippen MR) is 82.4 cm³/mol. The number of nitrogens with zero attached hydrogens (tertiary/aromatic N) is 1. The van der Waals surface area contributed by atoms with Gasteiger partial charge in [0.1, 0.15) is 11.9 Å². The molecule has 2 atom stereocenters. The van der Waals surface area contributed by atoms with Crippen LogP contribution in [0, 0.1) is 12.7 Å². The van der Waals surface area contributed by atoms with Crippen LogP contribution in [0.2, 0.25) is 0 Å². The van der Waals surface area contributed by atoms with Gasteiger partial charge in [-0.1, -0.05) is 0 Å². The van der Waals surface area contributed by atoms with E-state index in [0.29, 0.717) is 0 Å². The number of hydrogen-bond donors (Lipinski definition) is 1. The normalized spacial score (nSPS) is 19.9. The number of pyridine rings is 1. The number of ketones is 1. The highest BCUT2D eigenvalue weighted by atomic mass is 19.1.